The molecule has 2 unspecified atom stereocenters. The fraction of sp³-hybridized carbons (Fsp3) is 0.700. The minimum atomic E-state index is 0.117. The van der Waals surface area contributed by atoms with E-state index in [-0.39, 0.29) is 5.54 Å². The highest BCUT2D eigenvalue weighted by Crippen LogP contribution is 2.53. The maximum atomic E-state index is 4.41. The molecule has 3 aliphatic rings. The molecule has 0 aromatic heterocycles. The van der Waals surface area contributed by atoms with Gasteiger partial charge in [-0.1, -0.05) is 43.7 Å². The van der Waals surface area contributed by atoms with Crippen LogP contribution in [0.25, 0.3) is 0 Å². The van der Waals surface area contributed by atoms with Crippen molar-refractivity contribution in [3.63, 3.8) is 0 Å². The van der Waals surface area contributed by atoms with Gasteiger partial charge in [0.25, 0.3) is 0 Å². The first-order chi connectivity index (χ1) is 10.4. The third-order valence-corrected chi connectivity index (χ3v) is 6.32. The molecule has 1 saturated heterocycles. The fourth-order valence-electron chi connectivity index (χ4n) is 4.50. The number of nitrogens with zero attached hydrogens (tertiary/aromatic N) is 1. The van der Waals surface area contributed by atoms with Crippen molar-refractivity contribution in [2.24, 2.45) is 11.3 Å². The van der Waals surface area contributed by atoms with Crippen molar-refractivity contribution >= 4 is 0 Å². The minimum absolute atomic E-state index is 0.117. The molecule has 2 atom stereocenters. The smallest absolute Gasteiger partial charge is 0.0539 e. The van der Waals surface area contributed by atoms with Gasteiger partial charge < -0.3 is 10.2 Å². The van der Waals surface area contributed by atoms with Gasteiger partial charge in [-0.15, -0.1) is 0 Å². The lowest BCUT2D eigenvalue weighted by Gasteiger charge is -2.45. The van der Waals surface area contributed by atoms with E-state index < -0.39 is 0 Å². The Kier molecular flexibility index (Phi) is 4.01. The van der Waals surface area contributed by atoms with E-state index in [2.05, 4.69) is 55.8 Å². The Bertz CT molecular complexity index is 508. The second-order valence-electron chi connectivity index (χ2n) is 8.38. The van der Waals surface area contributed by atoms with Crippen LogP contribution in [0, 0.1) is 11.3 Å². The van der Waals surface area contributed by atoms with Crippen LogP contribution in [0.1, 0.15) is 52.9 Å². The van der Waals surface area contributed by atoms with Gasteiger partial charge in [-0.05, 0) is 45.6 Å². The van der Waals surface area contributed by atoms with E-state index in [4.69, 9.17) is 0 Å². The molecular formula is C20H32N2. The highest BCUT2D eigenvalue weighted by atomic mass is 15.2. The van der Waals surface area contributed by atoms with Crippen LogP contribution in [0.4, 0.5) is 0 Å². The molecule has 1 N–H and O–H groups in total. The number of hydrogen-bond acceptors (Lipinski definition) is 2. The molecule has 0 aromatic rings. The zero-order valence-electron chi connectivity index (χ0n) is 14.8. The van der Waals surface area contributed by atoms with Crippen molar-refractivity contribution in [1.82, 2.24) is 10.2 Å². The Morgan fingerprint density at radius 2 is 2.18 bits per heavy atom. The lowest BCUT2D eigenvalue weighted by Crippen LogP contribution is -2.41. The molecule has 0 bridgehead atoms. The normalized spacial score (nSPS) is 29.8. The number of likely N-dealkylation sites (tertiary alicyclic amines) is 1. The SMILES string of the molecule is C=C(CC(C)(C)NC)N1CCC2C(C3(C)CCC3)=CC=CC21. The van der Waals surface area contributed by atoms with Crippen molar-refractivity contribution in [3.05, 3.63) is 36.1 Å². The van der Waals surface area contributed by atoms with E-state index in [9.17, 15) is 0 Å². The second-order valence-corrected chi connectivity index (χ2v) is 8.38. The van der Waals surface area contributed by atoms with Crippen LogP contribution < -0.4 is 5.32 Å². The van der Waals surface area contributed by atoms with Crippen LogP contribution in [0.3, 0.4) is 0 Å². The van der Waals surface area contributed by atoms with E-state index in [0.29, 0.717) is 17.4 Å². The molecular weight excluding hydrogens is 268 g/mol. The molecule has 2 heteroatoms. The van der Waals surface area contributed by atoms with Crippen LogP contribution in [-0.4, -0.2) is 30.1 Å². The number of allylic oxidation sites excluding steroid dienone is 2. The third-order valence-electron chi connectivity index (χ3n) is 6.32. The molecule has 1 saturated carbocycles. The zero-order valence-corrected chi connectivity index (χ0v) is 14.8. The molecule has 1 heterocycles. The molecule has 3 rings (SSSR count). The lowest BCUT2D eigenvalue weighted by atomic mass is 9.60. The summed E-state index contributed by atoms with van der Waals surface area (Å²) in [5.74, 6) is 0.713. The van der Waals surface area contributed by atoms with Crippen LogP contribution in [0.5, 0.6) is 0 Å². The van der Waals surface area contributed by atoms with E-state index in [1.165, 1.54) is 31.4 Å². The van der Waals surface area contributed by atoms with E-state index in [0.717, 1.165) is 13.0 Å². The number of rotatable bonds is 5. The average Bonchev–Trinajstić information content (AvgIpc) is 2.88. The van der Waals surface area contributed by atoms with Crippen LogP contribution in [0.2, 0.25) is 0 Å². The van der Waals surface area contributed by atoms with Crippen LogP contribution in [-0.2, 0) is 0 Å². The molecule has 22 heavy (non-hydrogen) atoms. The van der Waals surface area contributed by atoms with Gasteiger partial charge in [-0.25, -0.2) is 0 Å². The van der Waals surface area contributed by atoms with E-state index in [1.807, 2.05) is 7.05 Å². The first-order valence-electron chi connectivity index (χ1n) is 8.88. The summed E-state index contributed by atoms with van der Waals surface area (Å²) in [5.41, 5.74) is 3.60. The van der Waals surface area contributed by atoms with Gasteiger partial charge in [-0.3, -0.25) is 0 Å². The average molecular weight is 300 g/mol. The van der Waals surface area contributed by atoms with Gasteiger partial charge in [0.15, 0.2) is 0 Å². The summed E-state index contributed by atoms with van der Waals surface area (Å²) in [7, 11) is 2.04. The Hall–Kier alpha value is -1.02. The molecule has 2 fully saturated rings. The van der Waals surface area contributed by atoms with Crippen molar-refractivity contribution in [3.8, 4) is 0 Å². The summed E-state index contributed by atoms with van der Waals surface area (Å²) in [5, 5.41) is 3.40. The largest absolute Gasteiger partial charge is 0.368 e. The van der Waals surface area contributed by atoms with Crippen molar-refractivity contribution < 1.29 is 0 Å². The van der Waals surface area contributed by atoms with Gasteiger partial charge >= 0.3 is 0 Å². The molecule has 0 aromatic carbocycles. The van der Waals surface area contributed by atoms with E-state index >= 15 is 0 Å². The van der Waals surface area contributed by atoms with Gasteiger partial charge in [0.2, 0.25) is 0 Å². The molecule has 0 amide bonds. The molecule has 0 spiro atoms. The Balaban J connectivity index is 1.73. The topological polar surface area (TPSA) is 15.3 Å². The standard InChI is InChI=1S/C20H32N2/c1-15(14-19(2,3)21-5)22-13-10-16-17(8-6-9-18(16)22)20(4)11-7-12-20/h6,8-9,16,18,21H,1,7,10-14H2,2-5H3. The predicted octanol–water partition coefficient (Wildman–Crippen LogP) is 4.27. The van der Waals surface area contributed by atoms with Crippen LogP contribution >= 0.6 is 0 Å². The highest BCUT2D eigenvalue weighted by molar-refractivity contribution is 5.34. The maximum absolute atomic E-state index is 4.41. The molecule has 2 aliphatic carbocycles. The lowest BCUT2D eigenvalue weighted by molar-refractivity contribution is 0.184. The summed E-state index contributed by atoms with van der Waals surface area (Å²) >= 11 is 0. The Morgan fingerprint density at radius 3 is 2.77 bits per heavy atom. The van der Waals surface area contributed by atoms with Gasteiger partial charge in [0, 0.05) is 30.1 Å². The van der Waals surface area contributed by atoms with Crippen LogP contribution in [0.15, 0.2) is 36.1 Å². The zero-order chi connectivity index (χ0) is 16.0. The first-order valence-corrected chi connectivity index (χ1v) is 8.88. The first kappa shape index (κ1) is 15.9. The number of fused-ring (bicyclic) bond motifs is 1. The van der Waals surface area contributed by atoms with Gasteiger partial charge in [-0.2, -0.15) is 0 Å². The number of hydrogen-bond donors (Lipinski definition) is 1. The Labute approximate surface area is 136 Å². The molecule has 0 radical (unpaired) electrons. The predicted molar refractivity (Wildman–Crippen MR) is 94.7 cm³/mol. The summed E-state index contributed by atoms with van der Waals surface area (Å²) in [6.07, 6.45) is 13.6. The second kappa shape index (κ2) is 5.56. The summed E-state index contributed by atoms with van der Waals surface area (Å²) in [6.45, 7) is 12.6. The van der Waals surface area contributed by atoms with Crippen molar-refractivity contribution in [1.29, 1.82) is 0 Å². The summed E-state index contributed by atoms with van der Waals surface area (Å²) < 4.78 is 0. The number of nitrogens with one attached hydrogen (secondary N) is 1. The molecule has 1 aliphatic heterocycles. The molecule has 2 nitrogen and oxygen atoms in total. The Morgan fingerprint density at radius 1 is 1.45 bits per heavy atom. The van der Waals surface area contributed by atoms with E-state index in [1.54, 1.807) is 5.57 Å². The summed E-state index contributed by atoms with van der Waals surface area (Å²) in [6, 6.07) is 0.539. The highest BCUT2D eigenvalue weighted by Gasteiger charge is 2.45. The fourth-order valence-corrected chi connectivity index (χ4v) is 4.50. The van der Waals surface area contributed by atoms with Crippen molar-refractivity contribution in [2.45, 2.75) is 64.5 Å². The molecule has 122 valence electrons. The minimum Gasteiger partial charge on any atom is -0.368 e. The van der Waals surface area contributed by atoms with Gasteiger partial charge in [0.05, 0.1) is 6.04 Å². The summed E-state index contributed by atoms with van der Waals surface area (Å²) in [4.78, 5) is 2.56. The quantitative estimate of drug-likeness (QED) is 0.816. The van der Waals surface area contributed by atoms with Gasteiger partial charge in [0.1, 0.15) is 0 Å². The monoisotopic (exact) mass is 300 g/mol. The maximum Gasteiger partial charge on any atom is 0.0539 e. The third kappa shape index (κ3) is 2.67. The van der Waals surface area contributed by atoms with Crippen molar-refractivity contribution in [2.75, 3.05) is 13.6 Å².